The van der Waals surface area contributed by atoms with E-state index in [9.17, 15) is 19.3 Å². The number of carbonyl (C=O) groups excluding carboxylic acids is 1. The molecule has 3 rings (SSSR count). The van der Waals surface area contributed by atoms with Crippen LogP contribution in [0, 0.1) is 15.9 Å². The van der Waals surface area contributed by atoms with E-state index >= 15 is 0 Å². The SMILES string of the molecule is O=C(/C=C/c1ccc(F)cc1[N+](=O)[O-])NCc1nc(-c2ccc(Cl)cc2)no1. The number of benzene rings is 2. The zero-order valence-corrected chi connectivity index (χ0v) is 14.9. The van der Waals surface area contributed by atoms with Gasteiger partial charge in [0.05, 0.1) is 23.1 Å². The summed E-state index contributed by atoms with van der Waals surface area (Å²) >= 11 is 5.82. The molecule has 1 amide bonds. The second kappa shape index (κ2) is 8.40. The van der Waals surface area contributed by atoms with E-state index in [1.165, 1.54) is 12.1 Å². The number of nitrogens with one attached hydrogen (secondary N) is 1. The first-order valence-electron chi connectivity index (χ1n) is 7.91. The normalized spacial score (nSPS) is 10.9. The molecule has 0 fully saturated rings. The third-order valence-corrected chi connectivity index (χ3v) is 3.84. The number of nitrogens with zero attached hydrogens (tertiary/aromatic N) is 3. The van der Waals surface area contributed by atoms with Crippen LogP contribution >= 0.6 is 11.6 Å². The summed E-state index contributed by atoms with van der Waals surface area (Å²) in [5.41, 5.74) is 0.368. The van der Waals surface area contributed by atoms with E-state index in [2.05, 4.69) is 15.5 Å². The van der Waals surface area contributed by atoms with Crippen LogP contribution in [0.1, 0.15) is 11.5 Å². The number of rotatable bonds is 6. The monoisotopic (exact) mass is 402 g/mol. The third-order valence-electron chi connectivity index (χ3n) is 3.59. The van der Waals surface area contributed by atoms with Gasteiger partial charge in [-0.1, -0.05) is 16.8 Å². The first-order chi connectivity index (χ1) is 13.4. The molecule has 1 N–H and O–H groups in total. The van der Waals surface area contributed by atoms with Gasteiger partial charge in [0.1, 0.15) is 5.82 Å². The molecule has 2 aromatic carbocycles. The first kappa shape index (κ1) is 19.2. The van der Waals surface area contributed by atoms with Crippen LogP contribution in [-0.2, 0) is 11.3 Å². The Morgan fingerprint density at radius 1 is 1.29 bits per heavy atom. The number of aromatic nitrogens is 2. The van der Waals surface area contributed by atoms with Crippen LogP contribution in [0.4, 0.5) is 10.1 Å². The van der Waals surface area contributed by atoms with Gasteiger partial charge >= 0.3 is 0 Å². The Kier molecular flexibility index (Phi) is 5.75. The average Bonchev–Trinajstić information content (AvgIpc) is 3.15. The lowest BCUT2D eigenvalue weighted by molar-refractivity contribution is -0.385. The van der Waals surface area contributed by atoms with E-state index in [0.29, 0.717) is 16.4 Å². The predicted octanol–water partition coefficient (Wildman–Crippen LogP) is 3.77. The van der Waals surface area contributed by atoms with Crippen molar-refractivity contribution in [2.75, 3.05) is 0 Å². The summed E-state index contributed by atoms with van der Waals surface area (Å²) in [5, 5.41) is 17.8. The second-order valence-corrected chi connectivity index (χ2v) is 5.97. The molecule has 1 heterocycles. The number of hydrogen-bond donors (Lipinski definition) is 1. The van der Waals surface area contributed by atoms with Crippen molar-refractivity contribution in [3.05, 3.63) is 80.9 Å². The summed E-state index contributed by atoms with van der Waals surface area (Å²) < 4.78 is 18.2. The lowest BCUT2D eigenvalue weighted by Crippen LogP contribution is -2.20. The number of nitro benzene ring substituents is 1. The quantitative estimate of drug-likeness (QED) is 0.381. The van der Waals surface area contributed by atoms with Crippen molar-refractivity contribution in [1.29, 1.82) is 0 Å². The minimum Gasteiger partial charge on any atom is -0.343 e. The number of nitro groups is 1. The molecule has 0 saturated heterocycles. The molecule has 0 unspecified atom stereocenters. The fraction of sp³-hybridized carbons (Fsp3) is 0.0556. The highest BCUT2D eigenvalue weighted by Crippen LogP contribution is 2.21. The number of amides is 1. The molecule has 0 aliphatic carbocycles. The van der Waals surface area contributed by atoms with E-state index in [1.54, 1.807) is 24.3 Å². The highest BCUT2D eigenvalue weighted by molar-refractivity contribution is 6.30. The Hall–Kier alpha value is -3.59. The largest absolute Gasteiger partial charge is 0.343 e. The predicted molar refractivity (Wildman–Crippen MR) is 98.7 cm³/mol. The van der Waals surface area contributed by atoms with Gasteiger partial charge in [-0.25, -0.2) is 4.39 Å². The van der Waals surface area contributed by atoms with E-state index in [-0.39, 0.29) is 18.0 Å². The first-order valence-corrected chi connectivity index (χ1v) is 8.28. The highest BCUT2D eigenvalue weighted by atomic mass is 35.5. The Labute approximate surface area is 162 Å². The van der Waals surface area contributed by atoms with Gasteiger partial charge in [-0.3, -0.25) is 14.9 Å². The third kappa shape index (κ3) is 4.77. The van der Waals surface area contributed by atoms with Gasteiger partial charge in [0, 0.05) is 16.7 Å². The molecule has 0 saturated carbocycles. The molecule has 0 spiro atoms. The van der Waals surface area contributed by atoms with E-state index in [0.717, 1.165) is 18.2 Å². The minimum absolute atomic E-state index is 0.0325. The lowest BCUT2D eigenvalue weighted by atomic mass is 10.1. The van der Waals surface area contributed by atoms with Crippen molar-refractivity contribution in [3.63, 3.8) is 0 Å². The zero-order chi connectivity index (χ0) is 20.1. The van der Waals surface area contributed by atoms with Crippen molar-refractivity contribution in [2.45, 2.75) is 6.54 Å². The van der Waals surface area contributed by atoms with Crippen molar-refractivity contribution < 1.29 is 18.6 Å². The standard InChI is InChI=1S/C18H12ClFN4O4/c19-13-5-1-12(2-6-13)18-22-17(28-23-18)10-21-16(25)8-4-11-3-7-14(20)9-15(11)24(26)27/h1-9H,10H2,(H,21,25)/b8-4+. The second-order valence-electron chi connectivity index (χ2n) is 5.53. The molecule has 0 aliphatic heterocycles. The molecule has 0 atom stereocenters. The molecule has 0 radical (unpaired) electrons. The Morgan fingerprint density at radius 3 is 2.75 bits per heavy atom. The van der Waals surface area contributed by atoms with Gasteiger partial charge in [0.25, 0.3) is 5.69 Å². The molecule has 1 aromatic heterocycles. The molecular formula is C18H12ClFN4O4. The van der Waals surface area contributed by atoms with Crippen molar-refractivity contribution in [3.8, 4) is 11.4 Å². The minimum atomic E-state index is -0.735. The van der Waals surface area contributed by atoms with E-state index in [1.807, 2.05) is 0 Å². The Balaban J connectivity index is 1.61. The molecule has 28 heavy (non-hydrogen) atoms. The maximum Gasteiger partial charge on any atom is 0.279 e. The van der Waals surface area contributed by atoms with Gasteiger partial charge in [-0.15, -0.1) is 0 Å². The number of halogens is 2. The molecular weight excluding hydrogens is 391 g/mol. The summed E-state index contributed by atoms with van der Waals surface area (Å²) in [6.45, 7) is -0.0325. The molecule has 3 aromatic rings. The fourth-order valence-electron chi connectivity index (χ4n) is 2.25. The zero-order valence-electron chi connectivity index (χ0n) is 14.1. The maximum atomic E-state index is 13.1. The summed E-state index contributed by atoms with van der Waals surface area (Å²) in [6.07, 6.45) is 2.32. The van der Waals surface area contributed by atoms with Crippen LogP contribution in [-0.4, -0.2) is 21.0 Å². The summed E-state index contributed by atoms with van der Waals surface area (Å²) in [7, 11) is 0. The topological polar surface area (TPSA) is 111 Å². The van der Waals surface area contributed by atoms with E-state index < -0.39 is 22.3 Å². The summed E-state index contributed by atoms with van der Waals surface area (Å²) in [6, 6.07) is 9.91. The molecule has 0 aliphatic rings. The molecule has 8 nitrogen and oxygen atoms in total. The van der Waals surface area contributed by atoms with Crippen LogP contribution in [0.5, 0.6) is 0 Å². The smallest absolute Gasteiger partial charge is 0.279 e. The lowest BCUT2D eigenvalue weighted by Gasteiger charge is -1.99. The summed E-state index contributed by atoms with van der Waals surface area (Å²) in [4.78, 5) is 26.3. The van der Waals surface area contributed by atoms with Crippen LogP contribution in [0.25, 0.3) is 17.5 Å². The van der Waals surface area contributed by atoms with Gasteiger partial charge in [-0.05, 0) is 42.5 Å². The summed E-state index contributed by atoms with van der Waals surface area (Å²) in [5.74, 6) is -0.746. The van der Waals surface area contributed by atoms with Crippen LogP contribution < -0.4 is 5.32 Å². The fourth-order valence-corrected chi connectivity index (χ4v) is 2.37. The van der Waals surface area contributed by atoms with Gasteiger partial charge in [0.2, 0.25) is 17.6 Å². The number of carbonyl (C=O) groups is 1. The average molecular weight is 403 g/mol. The van der Waals surface area contributed by atoms with Gasteiger partial charge in [0.15, 0.2) is 0 Å². The Bertz CT molecular complexity index is 1050. The Morgan fingerprint density at radius 2 is 2.04 bits per heavy atom. The van der Waals surface area contributed by atoms with Gasteiger partial charge < -0.3 is 9.84 Å². The van der Waals surface area contributed by atoms with Crippen LogP contribution in [0.2, 0.25) is 5.02 Å². The van der Waals surface area contributed by atoms with Crippen LogP contribution in [0.3, 0.4) is 0 Å². The molecule has 142 valence electrons. The van der Waals surface area contributed by atoms with Gasteiger partial charge in [-0.2, -0.15) is 4.98 Å². The maximum absolute atomic E-state index is 13.1. The van der Waals surface area contributed by atoms with Crippen molar-refractivity contribution >= 4 is 29.3 Å². The molecule has 10 heteroatoms. The van der Waals surface area contributed by atoms with Crippen molar-refractivity contribution in [1.82, 2.24) is 15.5 Å². The highest BCUT2D eigenvalue weighted by Gasteiger charge is 2.13. The van der Waals surface area contributed by atoms with Crippen molar-refractivity contribution in [2.24, 2.45) is 0 Å². The van der Waals surface area contributed by atoms with E-state index in [4.69, 9.17) is 16.1 Å². The van der Waals surface area contributed by atoms with Crippen LogP contribution in [0.15, 0.2) is 53.1 Å². The number of hydrogen-bond acceptors (Lipinski definition) is 6. The molecule has 0 bridgehead atoms.